The largest absolute Gasteiger partial charge is 0.481 e. The van der Waals surface area contributed by atoms with Crippen LogP contribution in [0.15, 0.2) is 24.3 Å². The van der Waals surface area contributed by atoms with Gasteiger partial charge in [-0.1, -0.05) is 29.8 Å². The molecule has 0 saturated carbocycles. The van der Waals surface area contributed by atoms with Gasteiger partial charge in [0, 0.05) is 13.1 Å². The normalized spacial score (nSPS) is 12.7. The molecule has 17 heavy (non-hydrogen) atoms. The SMILES string of the molecule is Cc1cccc(CN(C)CC(O)CC(=O)O)c1. The van der Waals surface area contributed by atoms with E-state index < -0.39 is 12.1 Å². The third-order valence-electron chi connectivity index (χ3n) is 2.47. The van der Waals surface area contributed by atoms with Gasteiger partial charge >= 0.3 is 5.97 Å². The molecule has 2 N–H and O–H groups in total. The highest BCUT2D eigenvalue weighted by molar-refractivity contribution is 5.67. The monoisotopic (exact) mass is 237 g/mol. The second kappa shape index (κ2) is 6.37. The van der Waals surface area contributed by atoms with Gasteiger partial charge < -0.3 is 10.2 Å². The number of likely N-dealkylation sites (N-methyl/N-ethyl adjacent to an activating group) is 1. The molecule has 0 radical (unpaired) electrons. The van der Waals surface area contributed by atoms with Crippen LogP contribution in [0.1, 0.15) is 17.5 Å². The highest BCUT2D eigenvalue weighted by atomic mass is 16.4. The third-order valence-corrected chi connectivity index (χ3v) is 2.47. The molecule has 0 spiro atoms. The van der Waals surface area contributed by atoms with Crippen molar-refractivity contribution in [1.29, 1.82) is 0 Å². The van der Waals surface area contributed by atoms with Crippen molar-refractivity contribution in [1.82, 2.24) is 4.90 Å². The Balaban J connectivity index is 2.44. The Hall–Kier alpha value is -1.39. The van der Waals surface area contributed by atoms with Crippen molar-refractivity contribution in [2.75, 3.05) is 13.6 Å². The number of carboxylic acids is 1. The van der Waals surface area contributed by atoms with Gasteiger partial charge in [0.05, 0.1) is 12.5 Å². The van der Waals surface area contributed by atoms with Crippen molar-refractivity contribution in [3.05, 3.63) is 35.4 Å². The Bertz CT molecular complexity index is 379. The second-order valence-corrected chi connectivity index (χ2v) is 4.44. The first-order valence-electron chi connectivity index (χ1n) is 5.61. The lowest BCUT2D eigenvalue weighted by atomic mass is 10.1. The average molecular weight is 237 g/mol. The average Bonchev–Trinajstić information content (AvgIpc) is 2.14. The molecule has 0 aromatic heterocycles. The van der Waals surface area contributed by atoms with Crippen LogP contribution >= 0.6 is 0 Å². The van der Waals surface area contributed by atoms with Gasteiger partial charge in [0.15, 0.2) is 0 Å². The zero-order valence-electron chi connectivity index (χ0n) is 10.3. The summed E-state index contributed by atoms with van der Waals surface area (Å²) in [5, 5.41) is 18.0. The molecule has 0 saturated heterocycles. The first kappa shape index (κ1) is 13.7. The van der Waals surface area contributed by atoms with Gasteiger partial charge in [-0.3, -0.25) is 9.69 Å². The Labute approximate surface area is 101 Å². The van der Waals surface area contributed by atoms with Crippen molar-refractivity contribution in [3.8, 4) is 0 Å². The van der Waals surface area contributed by atoms with Crippen molar-refractivity contribution >= 4 is 5.97 Å². The summed E-state index contributed by atoms with van der Waals surface area (Å²) in [5.41, 5.74) is 2.36. The predicted molar refractivity (Wildman–Crippen MR) is 65.8 cm³/mol. The standard InChI is InChI=1S/C13H19NO3/c1-10-4-3-5-11(6-10)8-14(2)9-12(15)7-13(16)17/h3-6,12,15H,7-9H2,1-2H3,(H,16,17). The number of aryl methyl sites for hydroxylation is 1. The number of aliphatic hydroxyl groups is 1. The van der Waals surface area contributed by atoms with E-state index in [4.69, 9.17) is 5.11 Å². The van der Waals surface area contributed by atoms with Crippen LogP contribution in [0.5, 0.6) is 0 Å². The lowest BCUT2D eigenvalue weighted by Gasteiger charge is -2.19. The van der Waals surface area contributed by atoms with E-state index in [-0.39, 0.29) is 6.42 Å². The van der Waals surface area contributed by atoms with E-state index >= 15 is 0 Å². The van der Waals surface area contributed by atoms with Gasteiger partial charge in [-0.05, 0) is 19.5 Å². The minimum Gasteiger partial charge on any atom is -0.481 e. The van der Waals surface area contributed by atoms with Crippen molar-refractivity contribution < 1.29 is 15.0 Å². The Morgan fingerprint density at radius 1 is 1.47 bits per heavy atom. The zero-order chi connectivity index (χ0) is 12.8. The quantitative estimate of drug-likeness (QED) is 0.782. The molecular weight excluding hydrogens is 218 g/mol. The number of hydrogen-bond donors (Lipinski definition) is 2. The topological polar surface area (TPSA) is 60.8 Å². The molecule has 1 unspecified atom stereocenters. The molecule has 94 valence electrons. The van der Waals surface area contributed by atoms with Crippen LogP contribution in [0.4, 0.5) is 0 Å². The summed E-state index contributed by atoms with van der Waals surface area (Å²) in [7, 11) is 1.87. The molecule has 0 bridgehead atoms. The maximum absolute atomic E-state index is 10.4. The van der Waals surface area contributed by atoms with E-state index in [0.29, 0.717) is 13.1 Å². The van der Waals surface area contributed by atoms with Crippen molar-refractivity contribution in [3.63, 3.8) is 0 Å². The summed E-state index contributed by atoms with van der Waals surface area (Å²) < 4.78 is 0. The zero-order valence-corrected chi connectivity index (χ0v) is 10.3. The fourth-order valence-corrected chi connectivity index (χ4v) is 1.81. The summed E-state index contributed by atoms with van der Waals surface area (Å²) in [6, 6.07) is 8.13. The van der Waals surface area contributed by atoms with E-state index in [9.17, 15) is 9.90 Å². The molecule has 0 amide bonds. The maximum atomic E-state index is 10.4. The molecule has 1 aromatic carbocycles. The number of carboxylic acid groups (broad SMARTS) is 1. The predicted octanol–water partition coefficient (Wildman–Crippen LogP) is 1.26. The molecule has 4 nitrogen and oxygen atoms in total. The van der Waals surface area contributed by atoms with Gasteiger partial charge in [0.2, 0.25) is 0 Å². The Kier molecular flexibility index (Phi) is 5.12. The highest BCUT2D eigenvalue weighted by Gasteiger charge is 2.12. The summed E-state index contributed by atoms with van der Waals surface area (Å²) in [6.07, 6.45) is -1.03. The van der Waals surface area contributed by atoms with E-state index in [2.05, 4.69) is 6.07 Å². The highest BCUT2D eigenvalue weighted by Crippen LogP contribution is 2.07. The Morgan fingerprint density at radius 2 is 2.18 bits per heavy atom. The van der Waals surface area contributed by atoms with Crippen LogP contribution in [0.3, 0.4) is 0 Å². The fourth-order valence-electron chi connectivity index (χ4n) is 1.81. The molecule has 0 aliphatic carbocycles. The first-order valence-corrected chi connectivity index (χ1v) is 5.61. The van der Waals surface area contributed by atoms with E-state index in [0.717, 1.165) is 5.56 Å². The molecule has 0 fully saturated rings. The number of rotatable bonds is 6. The van der Waals surface area contributed by atoms with Crippen LogP contribution in [0, 0.1) is 6.92 Å². The van der Waals surface area contributed by atoms with Gasteiger partial charge in [-0.15, -0.1) is 0 Å². The summed E-state index contributed by atoms with van der Waals surface area (Å²) >= 11 is 0. The number of hydrogen-bond acceptors (Lipinski definition) is 3. The summed E-state index contributed by atoms with van der Waals surface area (Å²) in [5.74, 6) is -0.971. The lowest BCUT2D eigenvalue weighted by molar-refractivity contribution is -0.139. The van der Waals surface area contributed by atoms with Crippen LogP contribution < -0.4 is 0 Å². The number of aliphatic carboxylic acids is 1. The molecule has 1 rings (SSSR count). The minimum absolute atomic E-state index is 0.210. The first-order chi connectivity index (χ1) is 7.97. The van der Waals surface area contributed by atoms with Crippen molar-refractivity contribution in [2.45, 2.75) is 26.0 Å². The second-order valence-electron chi connectivity index (χ2n) is 4.44. The van der Waals surface area contributed by atoms with Gasteiger partial charge in [0.1, 0.15) is 0 Å². The number of nitrogens with zero attached hydrogens (tertiary/aromatic N) is 1. The molecule has 0 aliphatic rings. The fraction of sp³-hybridized carbons (Fsp3) is 0.462. The van der Waals surface area contributed by atoms with E-state index in [1.807, 2.05) is 37.1 Å². The smallest absolute Gasteiger partial charge is 0.306 e. The Morgan fingerprint density at radius 3 is 2.76 bits per heavy atom. The molecule has 1 atom stereocenters. The summed E-state index contributed by atoms with van der Waals surface area (Å²) in [6.45, 7) is 3.10. The van der Waals surface area contributed by atoms with Crippen molar-refractivity contribution in [2.24, 2.45) is 0 Å². The third kappa shape index (κ3) is 5.47. The lowest BCUT2D eigenvalue weighted by Crippen LogP contribution is -2.30. The van der Waals surface area contributed by atoms with Crippen LogP contribution in [0.2, 0.25) is 0 Å². The molecule has 0 aliphatic heterocycles. The molecular formula is C13H19NO3. The van der Waals surface area contributed by atoms with Crippen LogP contribution in [0.25, 0.3) is 0 Å². The van der Waals surface area contributed by atoms with Crippen LogP contribution in [-0.4, -0.2) is 40.8 Å². The summed E-state index contributed by atoms with van der Waals surface area (Å²) in [4.78, 5) is 12.3. The van der Waals surface area contributed by atoms with Gasteiger partial charge in [-0.2, -0.15) is 0 Å². The number of benzene rings is 1. The van der Waals surface area contributed by atoms with E-state index in [1.54, 1.807) is 0 Å². The molecule has 0 heterocycles. The van der Waals surface area contributed by atoms with Gasteiger partial charge in [-0.25, -0.2) is 0 Å². The van der Waals surface area contributed by atoms with Gasteiger partial charge in [0.25, 0.3) is 0 Å². The molecule has 4 heteroatoms. The number of aliphatic hydroxyl groups excluding tert-OH is 1. The minimum atomic E-state index is -0.971. The van der Waals surface area contributed by atoms with Crippen LogP contribution in [-0.2, 0) is 11.3 Å². The van der Waals surface area contributed by atoms with E-state index in [1.165, 1.54) is 5.56 Å². The maximum Gasteiger partial charge on any atom is 0.306 e. The number of carbonyl (C=O) groups is 1. The molecule has 1 aromatic rings.